The van der Waals surface area contributed by atoms with Crippen molar-refractivity contribution in [3.8, 4) is 5.75 Å². The molecule has 1 aromatic carbocycles. The quantitative estimate of drug-likeness (QED) is 0.538. The summed E-state index contributed by atoms with van der Waals surface area (Å²) in [5.41, 5.74) is 0. The Bertz CT molecular complexity index is 671. The van der Waals surface area contributed by atoms with Crippen LogP contribution in [0.2, 0.25) is 0 Å². The molecule has 0 atom stereocenters. The Morgan fingerprint density at radius 2 is 1.92 bits per heavy atom. The third kappa shape index (κ3) is 4.50. The predicted molar refractivity (Wildman–Crippen MR) is 93.0 cm³/mol. The minimum absolute atomic E-state index is 0.261. The maximum atomic E-state index is 12.1. The number of hydrogen-bond donors (Lipinski definition) is 0. The highest BCUT2D eigenvalue weighted by molar-refractivity contribution is 8.01. The van der Waals surface area contributed by atoms with Gasteiger partial charge < -0.3 is 14.0 Å². The molecule has 0 unspecified atom stereocenters. The second-order valence-corrected chi connectivity index (χ2v) is 7.17. The lowest BCUT2D eigenvalue weighted by Gasteiger charge is -2.21. The molecule has 0 radical (unpaired) electrons. The highest BCUT2D eigenvalue weighted by atomic mass is 32.2. The first-order valence-electron chi connectivity index (χ1n) is 7.94. The number of hydrogen-bond acceptors (Lipinski definition) is 6. The lowest BCUT2D eigenvalue weighted by Crippen LogP contribution is -2.30. The van der Waals surface area contributed by atoms with E-state index in [-0.39, 0.29) is 5.97 Å². The Labute approximate surface area is 146 Å². The lowest BCUT2D eigenvalue weighted by atomic mass is 10.2. The molecule has 0 aliphatic heterocycles. The van der Waals surface area contributed by atoms with Crippen molar-refractivity contribution in [3.05, 3.63) is 36.2 Å². The summed E-state index contributed by atoms with van der Waals surface area (Å²) >= 11 is 1.35. The van der Waals surface area contributed by atoms with Gasteiger partial charge in [0.05, 0.1) is 6.61 Å². The standard InChI is InChI=1S/C17H23N3O3S/c1-5-20-14(12-23-13-10-8-7-9-11-13)18-19-16(20)24-17(3,4)15(21)22-6-2/h7-11H,5-6,12H2,1-4H3. The fourth-order valence-corrected chi connectivity index (χ4v) is 3.08. The number of thioether (sulfide) groups is 1. The molecule has 0 amide bonds. The molecule has 1 heterocycles. The highest BCUT2D eigenvalue weighted by Crippen LogP contribution is 2.32. The summed E-state index contributed by atoms with van der Waals surface area (Å²) in [6.07, 6.45) is 0. The number of aromatic nitrogens is 3. The van der Waals surface area contributed by atoms with E-state index >= 15 is 0 Å². The number of ether oxygens (including phenoxy) is 2. The third-order valence-electron chi connectivity index (χ3n) is 3.33. The number of nitrogens with zero attached hydrogens (tertiary/aromatic N) is 3. The van der Waals surface area contributed by atoms with E-state index in [1.807, 2.05) is 55.7 Å². The van der Waals surface area contributed by atoms with Crippen molar-refractivity contribution in [3.63, 3.8) is 0 Å². The number of rotatable bonds is 8. The third-order valence-corrected chi connectivity index (χ3v) is 4.50. The Morgan fingerprint density at radius 3 is 2.54 bits per heavy atom. The van der Waals surface area contributed by atoms with E-state index < -0.39 is 4.75 Å². The highest BCUT2D eigenvalue weighted by Gasteiger charge is 2.33. The monoisotopic (exact) mass is 349 g/mol. The zero-order valence-electron chi connectivity index (χ0n) is 14.5. The van der Waals surface area contributed by atoms with Gasteiger partial charge >= 0.3 is 5.97 Å². The molecular weight excluding hydrogens is 326 g/mol. The van der Waals surface area contributed by atoms with Gasteiger partial charge in [0.1, 0.15) is 17.1 Å². The smallest absolute Gasteiger partial charge is 0.322 e. The van der Waals surface area contributed by atoms with Crippen molar-refractivity contribution < 1.29 is 14.3 Å². The second-order valence-electron chi connectivity index (χ2n) is 5.58. The van der Waals surface area contributed by atoms with Crippen LogP contribution in [0.15, 0.2) is 35.5 Å². The fraction of sp³-hybridized carbons (Fsp3) is 0.471. The second kappa shape index (κ2) is 8.19. The zero-order chi connectivity index (χ0) is 17.6. The maximum Gasteiger partial charge on any atom is 0.322 e. The van der Waals surface area contributed by atoms with Crippen LogP contribution in [0.25, 0.3) is 0 Å². The number of carbonyl (C=O) groups excluding carboxylic acids is 1. The summed E-state index contributed by atoms with van der Waals surface area (Å²) in [6.45, 7) is 8.84. The van der Waals surface area contributed by atoms with Crippen LogP contribution in [0.1, 0.15) is 33.5 Å². The molecule has 0 saturated heterocycles. The summed E-state index contributed by atoms with van der Waals surface area (Å²) in [4.78, 5) is 12.1. The molecule has 1 aromatic heterocycles. The normalized spacial score (nSPS) is 11.3. The lowest BCUT2D eigenvalue weighted by molar-refractivity contribution is -0.145. The van der Waals surface area contributed by atoms with Gasteiger partial charge in [-0.05, 0) is 39.8 Å². The molecule has 0 bridgehead atoms. The van der Waals surface area contributed by atoms with Gasteiger partial charge in [-0.15, -0.1) is 10.2 Å². The number of esters is 1. The Morgan fingerprint density at radius 1 is 1.21 bits per heavy atom. The summed E-state index contributed by atoms with van der Waals surface area (Å²) in [5.74, 6) is 1.25. The van der Waals surface area contributed by atoms with Crippen molar-refractivity contribution in [1.29, 1.82) is 0 Å². The molecule has 0 fully saturated rings. The molecule has 0 saturated carbocycles. The SMILES string of the molecule is CCOC(=O)C(C)(C)Sc1nnc(COc2ccccc2)n1CC. The van der Waals surface area contributed by atoms with E-state index in [9.17, 15) is 4.79 Å². The van der Waals surface area contributed by atoms with Crippen molar-refractivity contribution in [2.24, 2.45) is 0 Å². The van der Waals surface area contributed by atoms with Gasteiger partial charge in [-0.3, -0.25) is 4.79 Å². The van der Waals surface area contributed by atoms with E-state index in [1.54, 1.807) is 6.92 Å². The molecule has 2 aromatic rings. The Balaban J connectivity index is 2.10. The molecule has 2 rings (SSSR count). The summed E-state index contributed by atoms with van der Waals surface area (Å²) in [6, 6.07) is 9.57. The molecule has 0 N–H and O–H groups in total. The van der Waals surface area contributed by atoms with Crippen LogP contribution in [-0.2, 0) is 22.7 Å². The molecule has 0 spiro atoms. The number of carbonyl (C=O) groups is 1. The molecule has 7 heteroatoms. The van der Waals surface area contributed by atoms with Gasteiger partial charge in [-0.25, -0.2) is 0 Å². The van der Waals surface area contributed by atoms with E-state index in [2.05, 4.69) is 10.2 Å². The molecule has 130 valence electrons. The van der Waals surface area contributed by atoms with E-state index in [4.69, 9.17) is 9.47 Å². The number of benzene rings is 1. The van der Waals surface area contributed by atoms with Crippen LogP contribution < -0.4 is 4.74 Å². The van der Waals surface area contributed by atoms with E-state index in [0.717, 1.165) is 11.6 Å². The maximum absolute atomic E-state index is 12.1. The van der Waals surface area contributed by atoms with Crippen molar-refractivity contribution in [1.82, 2.24) is 14.8 Å². The van der Waals surface area contributed by atoms with Crippen molar-refractivity contribution >= 4 is 17.7 Å². The van der Waals surface area contributed by atoms with Gasteiger partial charge in [0.25, 0.3) is 0 Å². The zero-order valence-corrected chi connectivity index (χ0v) is 15.3. The first-order valence-corrected chi connectivity index (χ1v) is 8.75. The summed E-state index contributed by atoms with van der Waals surface area (Å²) in [5, 5.41) is 9.10. The average molecular weight is 349 g/mol. The van der Waals surface area contributed by atoms with Crippen LogP contribution in [0, 0.1) is 0 Å². The van der Waals surface area contributed by atoms with Gasteiger partial charge in [-0.2, -0.15) is 0 Å². The van der Waals surface area contributed by atoms with Crippen LogP contribution in [0.4, 0.5) is 0 Å². The number of para-hydroxylation sites is 1. The first-order chi connectivity index (χ1) is 11.5. The first kappa shape index (κ1) is 18.3. The minimum Gasteiger partial charge on any atom is -0.486 e. The molecular formula is C17H23N3O3S. The Hall–Kier alpha value is -2.02. The van der Waals surface area contributed by atoms with Crippen LogP contribution in [-0.4, -0.2) is 32.1 Å². The van der Waals surface area contributed by atoms with Gasteiger partial charge in [0.2, 0.25) is 0 Å². The van der Waals surface area contributed by atoms with Crippen LogP contribution >= 0.6 is 11.8 Å². The van der Waals surface area contributed by atoms with Crippen molar-refractivity contribution in [2.45, 2.75) is 50.8 Å². The van der Waals surface area contributed by atoms with Crippen LogP contribution in [0.3, 0.4) is 0 Å². The largest absolute Gasteiger partial charge is 0.486 e. The van der Waals surface area contributed by atoms with E-state index in [0.29, 0.717) is 24.9 Å². The summed E-state index contributed by atoms with van der Waals surface area (Å²) < 4.78 is 12.1. The Kier molecular flexibility index (Phi) is 6.25. The van der Waals surface area contributed by atoms with Crippen LogP contribution in [0.5, 0.6) is 5.75 Å². The average Bonchev–Trinajstić information content (AvgIpc) is 2.95. The van der Waals surface area contributed by atoms with Gasteiger partial charge in [-0.1, -0.05) is 30.0 Å². The fourth-order valence-electron chi connectivity index (χ4n) is 2.06. The molecule has 6 nitrogen and oxygen atoms in total. The summed E-state index contributed by atoms with van der Waals surface area (Å²) in [7, 11) is 0. The van der Waals surface area contributed by atoms with E-state index in [1.165, 1.54) is 11.8 Å². The predicted octanol–water partition coefficient (Wildman–Crippen LogP) is 3.31. The topological polar surface area (TPSA) is 66.2 Å². The molecule has 0 aliphatic rings. The van der Waals surface area contributed by atoms with Crippen molar-refractivity contribution in [2.75, 3.05) is 6.61 Å². The van der Waals surface area contributed by atoms with Gasteiger partial charge in [0.15, 0.2) is 11.0 Å². The molecule has 0 aliphatic carbocycles. The minimum atomic E-state index is -0.729. The van der Waals surface area contributed by atoms with Gasteiger partial charge in [0, 0.05) is 6.54 Å². The molecule has 24 heavy (non-hydrogen) atoms.